The normalized spacial score (nSPS) is 22.0. The van der Waals surface area contributed by atoms with Crippen LogP contribution >= 0.6 is 0 Å². The van der Waals surface area contributed by atoms with Gasteiger partial charge in [-0.1, -0.05) is 19.9 Å². The minimum Gasteiger partial charge on any atom is -0.497 e. The van der Waals surface area contributed by atoms with Gasteiger partial charge in [-0.2, -0.15) is 0 Å². The Morgan fingerprint density at radius 3 is 2.52 bits per heavy atom. The van der Waals surface area contributed by atoms with Crippen LogP contribution in [0.25, 0.3) is 0 Å². The van der Waals surface area contributed by atoms with E-state index in [1.165, 1.54) is 12.8 Å². The zero-order valence-electron chi connectivity index (χ0n) is 16.7. The van der Waals surface area contributed by atoms with Gasteiger partial charge in [-0.3, -0.25) is 9.59 Å². The molecule has 6 nitrogen and oxygen atoms in total. The highest BCUT2D eigenvalue weighted by atomic mass is 16.5. The van der Waals surface area contributed by atoms with Crippen LogP contribution < -0.4 is 14.8 Å². The first-order valence-corrected chi connectivity index (χ1v) is 9.73. The summed E-state index contributed by atoms with van der Waals surface area (Å²) < 4.78 is 10.9. The van der Waals surface area contributed by atoms with E-state index in [1.54, 1.807) is 14.2 Å². The Bertz CT molecular complexity index is 699. The number of amides is 2. The lowest BCUT2D eigenvalue weighted by Crippen LogP contribution is -2.37. The molecule has 148 valence electrons. The molecule has 3 rings (SSSR count). The summed E-state index contributed by atoms with van der Waals surface area (Å²) in [5.74, 6) is 1.70. The molecule has 0 spiro atoms. The fraction of sp³-hybridized carbons (Fsp3) is 0.619. The van der Waals surface area contributed by atoms with Gasteiger partial charge in [0.1, 0.15) is 11.5 Å². The third kappa shape index (κ3) is 4.37. The number of carbonyl (C=O) groups is 2. The van der Waals surface area contributed by atoms with Gasteiger partial charge in [-0.15, -0.1) is 0 Å². The molecule has 2 aliphatic rings. The van der Waals surface area contributed by atoms with Crippen LogP contribution in [0.4, 0.5) is 0 Å². The Hall–Kier alpha value is -2.24. The number of ether oxygens (including phenoxy) is 2. The molecule has 1 saturated carbocycles. The highest BCUT2D eigenvalue weighted by Crippen LogP contribution is 2.40. The molecule has 1 aliphatic carbocycles. The lowest BCUT2D eigenvalue weighted by atomic mass is 9.87. The number of likely N-dealkylation sites (tertiary alicyclic amines) is 1. The average molecular weight is 374 g/mol. The molecule has 1 aromatic carbocycles. The summed E-state index contributed by atoms with van der Waals surface area (Å²) in [5, 5.41) is 3.09. The van der Waals surface area contributed by atoms with Crippen LogP contribution in [0.3, 0.4) is 0 Å². The summed E-state index contributed by atoms with van der Waals surface area (Å²) in [5.41, 5.74) is 0.948. The van der Waals surface area contributed by atoms with Crippen molar-refractivity contribution in [1.82, 2.24) is 10.2 Å². The van der Waals surface area contributed by atoms with Crippen LogP contribution in [0, 0.1) is 17.8 Å². The molecule has 1 saturated heterocycles. The molecular formula is C21H30N2O4. The van der Waals surface area contributed by atoms with Crippen molar-refractivity contribution in [3.63, 3.8) is 0 Å². The summed E-state index contributed by atoms with van der Waals surface area (Å²) in [6.45, 7) is 5.51. The van der Waals surface area contributed by atoms with Crippen LogP contribution in [0.2, 0.25) is 0 Å². The largest absolute Gasteiger partial charge is 0.497 e. The molecular weight excluding hydrogens is 344 g/mol. The maximum Gasteiger partial charge on any atom is 0.225 e. The highest BCUT2D eigenvalue weighted by Gasteiger charge is 2.42. The van der Waals surface area contributed by atoms with Crippen molar-refractivity contribution in [1.29, 1.82) is 0 Å². The van der Waals surface area contributed by atoms with E-state index in [1.807, 2.05) is 36.9 Å². The van der Waals surface area contributed by atoms with Crippen molar-refractivity contribution in [2.45, 2.75) is 32.6 Å². The molecule has 27 heavy (non-hydrogen) atoms. The summed E-state index contributed by atoms with van der Waals surface area (Å²) in [4.78, 5) is 27.3. The number of methoxy groups -OCH3 is 2. The van der Waals surface area contributed by atoms with Crippen LogP contribution in [0.1, 0.15) is 38.2 Å². The molecule has 2 fully saturated rings. The van der Waals surface area contributed by atoms with Crippen molar-refractivity contribution in [3.05, 3.63) is 23.8 Å². The smallest absolute Gasteiger partial charge is 0.225 e. The molecule has 1 aromatic rings. The third-order valence-corrected chi connectivity index (χ3v) is 5.56. The maximum atomic E-state index is 12.9. The predicted molar refractivity (Wildman–Crippen MR) is 103 cm³/mol. The number of nitrogens with zero attached hydrogens (tertiary/aromatic N) is 1. The van der Waals surface area contributed by atoms with Gasteiger partial charge in [0.05, 0.1) is 20.1 Å². The van der Waals surface area contributed by atoms with E-state index in [-0.39, 0.29) is 29.6 Å². The predicted octanol–water partition coefficient (Wildman–Crippen LogP) is 2.43. The molecule has 2 amide bonds. The molecule has 0 bridgehead atoms. The topological polar surface area (TPSA) is 67.9 Å². The van der Waals surface area contributed by atoms with Crippen molar-refractivity contribution < 1.29 is 19.1 Å². The fourth-order valence-electron chi connectivity index (χ4n) is 3.75. The summed E-state index contributed by atoms with van der Waals surface area (Å²) in [7, 11) is 3.23. The number of carbonyl (C=O) groups excluding carboxylic acids is 2. The molecule has 0 aromatic heterocycles. The minimum absolute atomic E-state index is 0.0313. The van der Waals surface area contributed by atoms with Crippen LogP contribution in [-0.4, -0.2) is 50.6 Å². The first-order chi connectivity index (χ1) is 12.9. The van der Waals surface area contributed by atoms with Gasteiger partial charge in [0.15, 0.2) is 0 Å². The number of rotatable bonds is 7. The fourth-order valence-corrected chi connectivity index (χ4v) is 3.75. The van der Waals surface area contributed by atoms with Crippen molar-refractivity contribution in [2.75, 3.05) is 33.9 Å². The first-order valence-electron chi connectivity index (χ1n) is 9.73. The quantitative estimate of drug-likeness (QED) is 0.796. The van der Waals surface area contributed by atoms with Gasteiger partial charge in [0.2, 0.25) is 11.8 Å². The van der Waals surface area contributed by atoms with Gasteiger partial charge in [-0.05, 0) is 24.8 Å². The molecule has 0 radical (unpaired) electrons. The Labute approximate surface area is 161 Å². The van der Waals surface area contributed by atoms with Gasteiger partial charge in [0, 0.05) is 43.1 Å². The summed E-state index contributed by atoms with van der Waals surface area (Å²) in [6, 6.07) is 5.66. The monoisotopic (exact) mass is 374 g/mol. The Kier molecular flexibility index (Phi) is 5.92. The van der Waals surface area contributed by atoms with Gasteiger partial charge in [0.25, 0.3) is 0 Å². The van der Waals surface area contributed by atoms with E-state index in [0.29, 0.717) is 30.5 Å². The van der Waals surface area contributed by atoms with Crippen LogP contribution in [-0.2, 0) is 9.59 Å². The zero-order chi connectivity index (χ0) is 19.6. The second-order valence-electron chi connectivity index (χ2n) is 7.91. The van der Waals surface area contributed by atoms with E-state index >= 15 is 0 Å². The molecule has 1 aliphatic heterocycles. The van der Waals surface area contributed by atoms with Crippen molar-refractivity contribution in [2.24, 2.45) is 17.8 Å². The third-order valence-electron chi connectivity index (χ3n) is 5.56. The second-order valence-corrected chi connectivity index (χ2v) is 7.91. The number of nitrogens with one attached hydrogen (secondary N) is 1. The summed E-state index contributed by atoms with van der Waals surface area (Å²) >= 11 is 0. The molecule has 0 unspecified atom stereocenters. The van der Waals surface area contributed by atoms with Crippen molar-refractivity contribution >= 4 is 11.8 Å². The lowest BCUT2D eigenvalue weighted by Gasteiger charge is -2.21. The maximum absolute atomic E-state index is 12.9. The number of hydrogen-bond acceptors (Lipinski definition) is 4. The van der Waals surface area contributed by atoms with E-state index < -0.39 is 0 Å². The first kappa shape index (κ1) is 19.5. The Morgan fingerprint density at radius 2 is 1.93 bits per heavy atom. The minimum atomic E-state index is -0.270. The van der Waals surface area contributed by atoms with E-state index in [4.69, 9.17) is 9.47 Å². The number of hydrogen-bond donors (Lipinski definition) is 1. The van der Waals surface area contributed by atoms with E-state index in [0.717, 1.165) is 12.1 Å². The summed E-state index contributed by atoms with van der Waals surface area (Å²) in [6.07, 6.45) is 2.39. The Morgan fingerprint density at radius 1 is 1.19 bits per heavy atom. The molecule has 2 atom stereocenters. The lowest BCUT2D eigenvalue weighted by molar-refractivity contribution is -0.133. The van der Waals surface area contributed by atoms with Gasteiger partial charge in [-0.25, -0.2) is 0 Å². The van der Waals surface area contributed by atoms with Crippen LogP contribution in [0.15, 0.2) is 18.2 Å². The van der Waals surface area contributed by atoms with E-state index in [2.05, 4.69) is 5.32 Å². The SMILES string of the molecule is COc1ccc([C@H]2CN(C(=O)C(C)C)C[C@@H]2C(=O)NCC2CC2)c(OC)c1. The average Bonchev–Trinajstić information content (AvgIpc) is 3.41. The van der Waals surface area contributed by atoms with Gasteiger partial charge >= 0.3 is 0 Å². The molecule has 1 N–H and O–H groups in total. The standard InChI is InChI=1S/C21H30N2O4/c1-13(2)21(25)23-11-17(16-8-7-15(26-3)9-19(16)27-4)18(12-23)20(24)22-10-14-5-6-14/h7-9,13-14,17-18H,5-6,10-12H2,1-4H3,(H,22,24)/t17-,18+/m1/s1. The Balaban J connectivity index is 1.86. The van der Waals surface area contributed by atoms with E-state index in [9.17, 15) is 9.59 Å². The number of benzene rings is 1. The van der Waals surface area contributed by atoms with Crippen molar-refractivity contribution in [3.8, 4) is 11.5 Å². The molecule has 6 heteroatoms. The van der Waals surface area contributed by atoms with Crippen LogP contribution in [0.5, 0.6) is 11.5 Å². The highest BCUT2D eigenvalue weighted by molar-refractivity contribution is 5.84. The second kappa shape index (κ2) is 8.19. The molecule has 1 heterocycles. The van der Waals surface area contributed by atoms with Gasteiger partial charge < -0.3 is 19.7 Å². The zero-order valence-corrected chi connectivity index (χ0v) is 16.7.